The molecular weight excluding hydrogens is 736 g/mol. The van der Waals surface area contributed by atoms with E-state index in [2.05, 4.69) is 51.1 Å². The molecule has 1 aromatic rings. The second-order valence-electron chi connectivity index (χ2n) is 15.1. The van der Waals surface area contributed by atoms with Crippen molar-refractivity contribution in [1.29, 1.82) is 0 Å². The molecule has 0 aliphatic heterocycles. The molecule has 1 rings (SSSR count). The molecule has 0 radical (unpaired) electrons. The smallest absolute Gasteiger partial charge is 0.407 e. The van der Waals surface area contributed by atoms with Gasteiger partial charge in [0, 0.05) is 51.8 Å². The first-order chi connectivity index (χ1) is 26.9. The minimum Gasteiger partial charge on any atom is -0.445 e. The lowest BCUT2D eigenvalue weighted by molar-refractivity contribution is -0.129. The van der Waals surface area contributed by atoms with Crippen LogP contribution in [0.4, 0.5) is 15.3 Å². The van der Waals surface area contributed by atoms with Gasteiger partial charge in [0.1, 0.15) is 12.6 Å². The van der Waals surface area contributed by atoms with E-state index in [9.17, 15) is 28.8 Å². The molecule has 1 aromatic carbocycles. The molecule has 0 saturated carbocycles. The Kier molecular flexibility index (Phi) is 27.4. The van der Waals surface area contributed by atoms with Gasteiger partial charge in [-0.3, -0.25) is 19.2 Å². The largest absolute Gasteiger partial charge is 0.445 e. The highest BCUT2D eigenvalue weighted by atomic mass is 16.5. The molecule has 17 heteroatoms. The van der Waals surface area contributed by atoms with Crippen LogP contribution in [0.3, 0.4) is 0 Å². The lowest BCUT2D eigenvalue weighted by Gasteiger charge is -2.30. The van der Waals surface area contributed by atoms with Crippen LogP contribution in [-0.4, -0.2) is 106 Å². The predicted molar refractivity (Wildman–Crippen MR) is 221 cm³/mol. The normalized spacial score (nSPS) is 11.6. The third-order valence-corrected chi connectivity index (χ3v) is 7.95. The standard InChI is InChI=1S/C37H64N8O9.C3H8/c1-26(2)23-31(47)40-19-15-36(3,4)54-22-16-37(5,6)53-21-14-30(46)43-24-32(48)45-29(9-8-18-41-34(50)39-7)33(49)44-28-12-10-27(11-13-28)25-52-35(51)42-20-17-38;1-3-2/h10-13,26,29H,8-9,14-25,38H2,1-7H3,(H,40,47)(H,42,51)(H,43,46)(H,44,49)(H,45,48)(H2,39,41,50);3H2,1-2H3. The van der Waals surface area contributed by atoms with Crippen molar-refractivity contribution in [2.24, 2.45) is 11.7 Å². The summed E-state index contributed by atoms with van der Waals surface area (Å²) in [5.41, 5.74) is 5.50. The van der Waals surface area contributed by atoms with Gasteiger partial charge >= 0.3 is 12.1 Å². The van der Waals surface area contributed by atoms with Crippen LogP contribution in [0.15, 0.2) is 24.3 Å². The van der Waals surface area contributed by atoms with Crippen LogP contribution >= 0.6 is 0 Å². The number of carbonyl (C=O) groups excluding carboxylic acids is 6. The van der Waals surface area contributed by atoms with Crippen molar-refractivity contribution >= 4 is 41.4 Å². The van der Waals surface area contributed by atoms with Crippen molar-refractivity contribution in [2.45, 2.75) is 124 Å². The number of nitrogens with one attached hydrogen (secondary N) is 7. The third kappa shape index (κ3) is 28.6. The Morgan fingerprint density at radius 3 is 2.02 bits per heavy atom. The van der Waals surface area contributed by atoms with Crippen LogP contribution < -0.4 is 43.0 Å². The van der Waals surface area contributed by atoms with E-state index < -0.39 is 41.1 Å². The molecule has 0 spiro atoms. The van der Waals surface area contributed by atoms with E-state index in [1.165, 1.54) is 13.5 Å². The number of hydrogen-bond donors (Lipinski definition) is 8. The summed E-state index contributed by atoms with van der Waals surface area (Å²) < 4.78 is 17.1. The molecule has 57 heavy (non-hydrogen) atoms. The van der Waals surface area contributed by atoms with E-state index in [1.807, 2.05) is 41.5 Å². The molecule has 17 nitrogen and oxygen atoms in total. The first-order valence-corrected chi connectivity index (χ1v) is 19.9. The van der Waals surface area contributed by atoms with Crippen LogP contribution in [0, 0.1) is 5.92 Å². The van der Waals surface area contributed by atoms with Crippen molar-refractivity contribution in [3.63, 3.8) is 0 Å². The van der Waals surface area contributed by atoms with Crippen molar-refractivity contribution in [1.82, 2.24) is 31.9 Å². The molecule has 1 atom stereocenters. The van der Waals surface area contributed by atoms with Crippen LogP contribution in [0.5, 0.6) is 0 Å². The Balaban J connectivity index is 0.0000101. The summed E-state index contributed by atoms with van der Waals surface area (Å²) in [6.07, 6.45) is 3.00. The molecule has 9 N–H and O–H groups in total. The summed E-state index contributed by atoms with van der Waals surface area (Å²) in [7, 11) is 1.49. The van der Waals surface area contributed by atoms with Crippen LogP contribution in [0.1, 0.15) is 106 Å². The maximum absolute atomic E-state index is 13.2. The van der Waals surface area contributed by atoms with Crippen molar-refractivity contribution in [2.75, 3.05) is 58.3 Å². The van der Waals surface area contributed by atoms with Crippen molar-refractivity contribution in [3.05, 3.63) is 29.8 Å². The maximum atomic E-state index is 13.2. The average Bonchev–Trinajstić information content (AvgIpc) is 3.13. The predicted octanol–water partition coefficient (Wildman–Crippen LogP) is 3.46. The number of nitrogens with two attached hydrogens (primary N) is 1. The van der Waals surface area contributed by atoms with E-state index in [1.54, 1.807) is 24.3 Å². The molecule has 326 valence electrons. The fourth-order valence-electron chi connectivity index (χ4n) is 4.75. The van der Waals surface area contributed by atoms with Gasteiger partial charge < -0.3 is 57.2 Å². The van der Waals surface area contributed by atoms with Gasteiger partial charge in [0.25, 0.3) is 0 Å². The summed E-state index contributed by atoms with van der Waals surface area (Å²) in [6, 6.07) is 5.30. The Labute approximate surface area is 339 Å². The van der Waals surface area contributed by atoms with Gasteiger partial charge in [-0.1, -0.05) is 46.2 Å². The van der Waals surface area contributed by atoms with Crippen molar-refractivity contribution in [3.8, 4) is 0 Å². The monoisotopic (exact) mass is 809 g/mol. The molecule has 0 aliphatic carbocycles. The number of amides is 7. The summed E-state index contributed by atoms with van der Waals surface area (Å²) in [5, 5.41) is 18.5. The Morgan fingerprint density at radius 1 is 0.772 bits per heavy atom. The summed E-state index contributed by atoms with van der Waals surface area (Å²) in [5.74, 6) is -1.11. The number of hydrogen-bond acceptors (Lipinski definition) is 10. The second kappa shape index (κ2) is 29.7. The number of alkyl carbamates (subject to hydrolysis) is 1. The Hall–Kier alpha value is -4.48. The second-order valence-corrected chi connectivity index (χ2v) is 15.1. The van der Waals surface area contributed by atoms with E-state index in [4.69, 9.17) is 19.9 Å². The first-order valence-electron chi connectivity index (χ1n) is 19.9. The topological polar surface area (TPSA) is 240 Å². The highest BCUT2D eigenvalue weighted by molar-refractivity contribution is 5.97. The fraction of sp³-hybridized carbons (Fsp3) is 0.700. The van der Waals surface area contributed by atoms with Crippen LogP contribution in [0.25, 0.3) is 0 Å². The van der Waals surface area contributed by atoms with Gasteiger partial charge in [-0.15, -0.1) is 0 Å². The SMILES string of the molecule is CCC.CNC(=O)NCCCC(NC(=O)CNC(=O)CCOC(C)(C)CCOC(C)(C)CCNC(=O)CC(C)C)C(=O)Nc1ccc(COC(=O)NCCN)cc1. The van der Waals surface area contributed by atoms with Gasteiger partial charge in [-0.2, -0.15) is 0 Å². The van der Waals surface area contributed by atoms with E-state index in [-0.39, 0.29) is 51.1 Å². The average molecular weight is 809 g/mol. The number of benzene rings is 1. The zero-order valence-electron chi connectivity index (χ0n) is 35.8. The molecule has 0 saturated heterocycles. The molecule has 0 bridgehead atoms. The molecule has 0 heterocycles. The quantitative estimate of drug-likeness (QED) is 0.0634. The van der Waals surface area contributed by atoms with Gasteiger partial charge in [0.15, 0.2) is 0 Å². The number of carbonyl (C=O) groups is 6. The number of rotatable bonds is 26. The molecule has 0 aliphatic rings. The zero-order chi connectivity index (χ0) is 43.3. The van der Waals surface area contributed by atoms with Crippen molar-refractivity contribution < 1.29 is 43.0 Å². The van der Waals surface area contributed by atoms with Gasteiger partial charge in [0.2, 0.25) is 23.6 Å². The van der Waals surface area contributed by atoms with Gasteiger partial charge in [-0.05, 0) is 77.0 Å². The molecule has 0 fully saturated rings. The zero-order valence-corrected chi connectivity index (χ0v) is 35.8. The van der Waals surface area contributed by atoms with Gasteiger partial charge in [0.05, 0.1) is 31.0 Å². The molecule has 0 aromatic heterocycles. The summed E-state index contributed by atoms with van der Waals surface area (Å²) >= 11 is 0. The van der Waals surface area contributed by atoms with Crippen LogP contribution in [0.2, 0.25) is 0 Å². The summed E-state index contributed by atoms with van der Waals surface area (Å²) in [4.78, 5) is 73.6. The van der Waals surface area contributed by atoms with E-state index >= 15 is 0 Å². The Morgan fingerprint density at radius 2 is 1.40 bits per heavy atom. The number of urea groups is 1. The lowest BCUT2D eigenvalue weighted by Crippen LogP contribution is -2.48. The maximum Gasteiger partial charge on any atom is 0.407 e. The number of ether oxygens (including phenoxy) is 3. The minimum absolute atomic E-state index is 0.0213. The van der Waals surface area contributed by atoms with Gasteiger partial charge in [-0.25, -0.2) is 9.59 Å². The Bertz CT molecular complexity index is 1340. The van der Waals surface area contributed by atoms with E-state index in [0.717, 1.165) is 0 Å². The highest BCUT2D eigenvalue weighted by Crippen LogP contribution is 2.20. The molecular formula is C40H72N8O9. The van der Waals surface area contributed by atoms with Crippen LogP contribution in [-0.2, 0) is 40.0 Å². The summed E-state index contributed by atoms with van der Waals surface area (Å²) in [6.45, 7) is 17.6. The fourth-order valence-corrected chi connectivity index (χ4v) is 4.75. The molecule has 1 unspecified atom stereocenters. The lowest BCUT2D eigenvalue weighted by atomic mass is 10.0. The molecule has 7 amide bonds. The minimum atomic E-state index is -0.963. The van der Waals surface area contributed by atoms with E-state index in [0.29, 0.717) is 69.1 Å². The highest BCUT2D eigenvalue weighted by Gasteiger charge is 2.24. The first kappa shape index (κ1) is 52.5. The third-order valence-electron chi connectivity index (χ3n) is 7.95. The number of anilines is 1.